The molecular formula is C14H20NO3P. The molecule has 0 fully saturated rings. The van der Waals surface area contributed by atoms with Gasteiger partial charge in [-0.05, 0) is 31.0 Å². The van der Waals surface area contributed by atoms with Crippen LogP contribution < -0.4 is 0 Å². The Balaban J connectivity index is 2.15. The third-order valence-electron chi connectivity index (χ3n) is 3.10. The summed E-state index contributed by atoms with van der Waals surface area (Å²) in [6.07, 6.45) is 3.42. The lowest BCUT2D eigenvalue weighted by molar-refractivity contribution is 0.179. The van der Waals surface area contributed by atoms with Crippen molar-refractivity contribution < 1.29 is 14.0 Å². The normalized spacial score (nSPS) is 16.4. The molecule has 5 heteroatoms. The summed E-state index contributed by atoms with van der Waals surface area (Å²) >= 11 is 0. The van der Waals surface area contributed by atoms with Crippen LogP contribution >= 0.6 is 7.60 Å². The molecule has 4 nitrogen and oxygen atoms in total. The van der Waals surface area contributed by atoms with Crippen LogP contribution in [-0.4, -0.2) is 16.0 Å². The van der Waals surface area contributed by atoms with E-state index in [4.69, 9.17) is 4.52 Å². The number of aromatic nitrogens is 1. The first kappa shape index (κ1) is 14.3. The lowest BCUT2D eigenvalue weighted by atomic mass is 10.1. The molecule has 0 saturated heterocycles. The lowest BCUT2D eigenvalue weighted by Crippen LogP contribution is -2.06. The molecule has 0 bridgehead atoms. The number of fused-ring (bicyclic) bond motifs is 1. The Kier molecular flexibility index (Phi) is 4.46. The topological polar surface area (TPSA) is 62.3 Å². The second kappa shape index (κ2) is 5.91. The molecule has 1 aromatic carbocycles. The maximum absolute atomic E-state index is 12.2. The van der Waals surface area contributed by atoms with Gasteiger partial charge in [-0.3, -0.25) is 4.57 Å². The van der Waals surface area contributed by atoms with E-state index in [0.717, 1.165) is 29.3 Å². The van der Waals surface area contributed by atoms with Gasteiger partial charge in [0.25, 0.3) is 0 Å². The Morgan fingerprint density at radius 1 is 1.42 bits per heavy atom. The van der Waals surface area contributed by atoms with Crippen molar-refractivity contribution in [3.63, 3.8) is 0 Å². The highest BCUT2D eigenvalue weighted by atomic mass is 31.2. The van der Waals surface area contributed by atoms with Crippen molar-refractivity contribution in [1.29, 1.82) is 0 Å². The molecule has 0 aliphatic carbocycles. The van der Waals surface area contributed by atoms with Crippen molar-refractivity contribution in [2.45, 2.75) is 39.0 Å². The van der Waals surface area contributed by atoms with Crippen LogP contribution in [0.5, 0.6) is 0 Å². The first-order valence-corrected chi connectivity index (χ1v) is 8.33. The van der Waals surface area contributed by atoms with E-state index in [-0.39, 0.29) is 12.3 Å². The number of nitrogens with one attached hydrogen (secondary N) is 1. The molecule has 0 aliphatic heterocycles. The highest BCUT2D eigenvalue weighted by Crippen LogP contribution is 2.48. The Morgan fingerprint density at radius 3 is 2.95 bits per heavy atom. The Hall–Kier alpha value is -1.09. The zero-order valence-electron chi connectivity index (χ0n) is 11.3. The van der Waals surface area contributed by atoms with Gasteiger partial charge in [0.15, 0.2) is 0 Å². The van der Waals surface area contributed by atoms with E-state index in [1.54, 1.807) is 0 Å². The molecule has 104 valence electrons. The third-order valence-corrected chi connectivity index (χ3v) is 4.52. The minimum Gasteiger partial charge on any atom is -0.361 e. The smallest absolute Gasteiger partial charge is 0.332 e. The number of aromatic amines is 1. The van der Waals surface area contributed by atoms with Gasteiger partial charge in [0.1, 0.15) is 0 Å². The molecule has 0 amide bonds. The van der Waals surface area contributed by atoms with Crippen LogP contribution in [0.2, 0.25) is 0 Å². The zero-order valence-corrected chi connectivity index (χ0v) is 12.2. The van der Waals surface area contributed by atoms with Crippen LogP contribution in [0.3, 0.4) is 0 Å². The van der Waals surface area contributed by atoms with Crippen LogP contribution in [0.15, 0.2) is 30.5 Å². The Labute approximate surface area is 113 Å². The van der Waals surface area contributed by atoms with E-state index in [0.29, 0.717) is 0 Å². The van der Waals surface area contributed by atoms with Crippen LogP contribution in [0.4, 0.5) is 0 Å². The molecule has 2 unspecified atom stereocenters. The van der Waals surface area contributed by atoms with E-state index in [1.165, 1.54) is 0 Å². The third kappa shape index (κ3) is 3.69. The first-order valence-electron chi connectivity index (χ1n) is 6.57. The van der Waals surface area contributed by atoms with Crippen molar-refractivity contribution in [1.82, 2.24) is 4.98 Å². The largest absolute Gasteiger partial charge is 0.361 e. The van der Waals surface area contributed by atoms with E-state index in [1.807, 2.05) is 44.3 Å². The van der Waals surface area contributed by atoms with Crippen molar-refractivity contribution >= 4 is 18.5 Å². The molecular weight excluding hydrogens is 261 g/mol. The van der Waals surface area contributed by atoms with Gasteiger partial charge in [-0.25, -0.2) is 0 Å². The lowest BCUT2D eigenvalue weighted by Gasteiger charge is -2.17. The van der Waals surface area contributed by atoms with Crippen LogP contribution in [0.1, 0.15) is 32.3 Å². The summed E-state index contributed by atoms with van der Waals surface area (Å²) < 4.78 is 17.5. The summed E-state index contributed by atoms with van der Waals surface area (Å²) in [5.74, 6) is 0. The summed E-state index contributed by atoms with van der Waals surface area (Å²) in [6, 6.07) is 7.61. The number of hydrogen-bond acceptors (Lipinski definition) is 2. The van der Waals surface area contributed by atoms with Gasteiger partial charge < -0.3 is 14.4 Å². The minimum atomic E-state index is -3.59. The zero-order chi connectivity index (χ0) is 13.9. The van der Waals surface area contributed by atoms with Gasteiger partial charge in [-0.2, -0.15) is 0 Å². The summed E-state index contributed by atoms with van der Waals surface area (Å²) in [5, 5.41) is 0.975. The number of benzene rings is 1. The average molecular weight is 281 g/mol. The minimum absolute atomic E-state index is 0.0518. The fraction of sp³-hybridized carbons (Fsp3) is 0.429. The molecule has 0 radical (unpaired) electrons. The van der Waals surface area contributed by atoms with Crippen molar-refractivity contribution in [3.05, 3.63) is 36.0 Å². The van der Waals surface area contributed by atoms with Gasteiger partial charge in [-0.15, -0.1) is 0 Å². The molecule has 0 aliphatic rings. The average Bonchev–Trinajstić information content (AvgIpc) is 2.77. The van der Waals surface area contributed by atoms with E-state index >= 15 is 0 Å². The highest BCUT2D eigenvalue weighted by molar-refractivity contribution is 7.52. The Bertz CT molecular complexity index is 593. The maximum Gasteiger partial charge on any atom is 0.332 e. The van der Waals surface area contributed by atoms with Gasteiger partial charge in [0.2, 0.25) is 0 Å². The van der Waals surface area contributed by atoms with Crippen LogP contribution in [0.25, 0.3) is 10.9 Å². The van der Waals surface area contributed by atoms with Crippen LogP contribution in [0, 0.1) is 0 Å². The fourth-order valence-corrected chi connectivity index (χ4v) is 3.73. The molecule has 19 heavy (non-hydrogen) atoms. The second-order valence-corrected chi connectivity index (χ2v) is 6.66. The molecule has 2 N–H and O–H groups in total. The summed E-state index contributed by atoms with van der Waals surface area (Å²) in [4.78, 5) is 13.1. The van der Waals surface area contributed by atoms with Crippen LogP contribution in [-0.2, 0) is 15.3 Å². The van der Waals surface area contributed by atoms with Gasteiger partial charge in [-0.1, -0.05) is 25.5 Å². The second-order valence-electron chi connectivity index (χ2n) is 4.86. The Morgan fingerprint density at radius 2 is 2.21 bits per heavy atom. The monoisotopic (exact) mass is 281 g/mol. The van der Waals surface area contributed by atoms with E-state index in [9.17, 15) is 9.46 Å². The predicted octanol–water partition coefficient (Wildman–Crippen LogP) is 4.06. The molecule has 1 aromatic heterocycles. The summed E-state index contributed by atoms with van der Waals surface area (Å²) in [5.41, 5.74) is 1.81. The summed E-state index contributed by atoms with van der Waals surface area (Å²) in [7, 11) is -3.59. The first-order chi connectivity index (χ1) is 9.02. The standard InChI is InChI=1S/C14H20NO3P/c1-3-5-11(2)18-19(16,17)10-12-6-4-7-14-13(12)8-9-15-14/h4,6-9,11,15H,3,5,10H2,1-2H3,(H,16,17). The quantitative estimate of drug-likeness (QED) is 0.785. The van der Waals surface area contributed by atoms with Gasteiger partial charge >= 0.3 is 7.60 Å². The number of rotatable bonds is 6. The van der Waals surface area contributed by atoms with Crippen molar-refractivity contribution in [2.24, 2.45) is 0 Å². The molecule has 2 atom stereocenters. The van der Waals surface area contributed by atoms with E-state index < -0.39 is 7.60 Å². The highest BCUT2D eigenvalue weighted by Gasteiger charge is 2.24. The summed E-state index contributed by atoms with van der Waals surface area (Å²) in [6.45, 7) is 3.87. The predicted molar refractivity (Wildman–Crippen MR) is 77.3 cm³/mol. The number of H-pyrrole nitrogens is 1. The molecule has 0 saturated carbocycles. The number of hydrogen-bond donors (Lipinski definition) is 2. The van der Waals surface area contributed by atoms with Gasteiger partial charge in [0.05, 0.1) is 12.3 Å². The fourth-order valence-electron chi connectivity index (χ4n) is 2.28. The SMILES string of the molecule is CCCC(C)OP(=O)(O)Cc1cccc2[nH]ccc12. The van der Waals surface area contributed by atoms with E-state index in [2.05, 4.69) is 4.98 Å². The maximum atomic E-state index is 12.2. The molecule has 1 heterocycles. The molecule has 2 rings (SSSR count). The van der Waals surface area contributed by atoms with Crippen molar-refractivity contribution in [2.75, 3.05) is 0 Å². The molecule has 2 aromatic rings. The van der Waals surface area contributed by atoms with Crippen molar-refractivity contribution in [3.8, 4) is 0 Å². The molecule has 0 spiro atoms. The van der Waals surface area contributed by atoms with Gasteiger partial charge in [0, 0.05) is 17.1 Å².